The van der Waals surface area contributed by atoms with Crippen LogP contribution in [-0.4, -0.2) is 10.5 Å². The lowest BCUT2D eigenvalue weighted by Gasteiger charge is -2.17. The zero-order valence-electron chi connectivity index (χ0n) is 20.3. The van der Waals surface area contributed by atoms with Crippen molar-refractivity contribution in [2.75, 3.05) is 5.32 Å². The summed E-state index contributed by atoms with van der Waals surface area (Å²) in [6.07, 6.45) is 5.62. The zero-order valence-corrected chi connectivity index (χ0v) is 21.1. The minimum absolute atomic E-state index is 0.0212. The largest absolute Gasteiger partial charge is 0.317 e. The molecule has 2 aromatic heterocycles. The van der Waals surface area contributed by atoms with Gasteiger partial charge in [0.25, 0.3) is 5.91 Å². The van der Waals surface area contributed by atoms with Crippen LogP contribution in [0, 0.1) is 57.3 Å². The second-order valence-corrected chi connectivity index (χ2v) is 10.2. The number of thiophene rings is 1. The molecule has 1 aliphatic rings. The third-order valence-corrected chi connectivity index (χ3v) is 7.71. The van der Waals surface area contributed by atoms with E-state index in [9.17, 15) is 15.3 Å². The number of nitrogens with zero attached hydrogens (tertiary/aromatic N) is 3. The third kappa shape index (κ3) is 4.18. The summed E-state index contributed by atoms with van der Waals surface area (Å²) in [5, 5.41) is 22.8. The Hall–Kier alpha value is -3.61. The lowest BCUT2D eigenvalue weighted by Crippen LogP contribution is -2.13. The lowest BCUT2D eigenvalue weighted by molar-refractivity contribution is -0.112. The topological polar surface area (TPSA) is 81.6 Å². The van der Waals surface area contributed by atoms with E-state index in [1.54, 1.807) is 6.08 Å². The standard InChI is InChI=1S/C28H28N4OS/c1-16-10-17(2)26(18(3)11-16)32-19(4)12-21(20(32)5)13-22(14-29)27(33)31-28-24(15-30)23-8-6-7-9-25(23)34-28/h10-13H,6-9H2,1-5H3,(H,31,33)/b22-13+. The predicted octanol–water partition coefficient (Wildman–Crippen LogP) is 6.38. The quantitative estimate of drug-likeness (QED) is 0.356. The van der Waals surface area contributed by atoms with Crippen molar-refractivity contribution in [3.05, 3.63) is 73.4 Å². The van der Waals surface area contributed by atoms with Crippen molar-refractivity contribution in [1.29, 1.82) is 10.5 Å². The molecule has 0 saturated carbocycles. The summed E-state index contributed by atoms with van der Waals surface area (Å²) < 4.78 is 2.18. The first kappa shape index (κ1) is 23.5. The molecule has 0 aliphatic heterocycles. The highest BCUT2D eigenvalue weighted by Gasteiger charge is 2.23. The van der Waals surface area contributed by atoms with Crippen LogP contribution in [0.25, 0.3) is 11.8 Å². The van der Waals surface area contributed by atoms with E-state index in [2.05, 4.69) is 54.9 Å². The van der Waals surface area contributed by atoms with E-state index in [0.717, 1.165) is 53.9 Å². The predicted molar refractivity (Wildman–Crippen MR) is 137 cm³/mol. The average Bonchev–Trinajstić information content (AvgIpc) is 3.27. The number of nitrogens with one attached hydrogen (secondary N) is 1. The number of fused-ring (bicyclic) bond motifs is 1. The normalized spacial score (nSPS) is 13.2. The van der Waals surface area contributed by atoms with Crippen molar-refractivity contribution in [1.82, 2.24) is 4.57 Å². The number of rotatable bonds is 4. The van der Waals surface area contributed by atoms with Gasteiger partial charge in [0.1, 0.15) is 22.7 Å². The van der Waals surface area contributed by atoms with Crippen LogP contribution in [0.1, 0.15) is 62.5 Å². The highest BCUT2D eigenvalue weighted by Crippen LogP contribution is 2.38. The van der Waals surface area contributed by atoms with Crippen LogP contribution in [0.15, 0.2) is 23.8 Å². The van der Waals surface area contributed by atoms with Crippen molar-refractivity contribution in [2.45, 2.75) is 60.3 Å². The lowest BCUT2D eigenvalue weighted by atomic mass is 9.96. The Labute approximate surface area is 205 Å². The van der Waals surface area contributed by atoms with Gasteiger partial charge in [-0.05, 0) is 94.7 Å². The minimum Gasteiger partial charge on any atom is -0.317 e. The molecule has 34 heavy (non-hydrogen) atoms. The number of nitriles is 2. The maximum Gasteiger partial charge on any atom is 0.266 e. The van der Waals surface area contributed by atoms with Gasteiger partial charge < -0.3 is 9.88 Å². The van der Waals surface area contributed by atoms with Gasteiger partial charge in [0.05, 0.1) is 11.3 Å². The molecule has 0 unspecified atom stereocenters. The Morgan fingerprint density at radius 2 is 1.74 bits per heavy atom. The SMILES string of the molecule is Cc1cc(C)c(-n2c(C)cc(/C=C(\C#N)C(=O)Nc3sc4c(c3C#N)CCCC4)c2C)c(C)c1. The van der Waals surface area contributed by atoms with Crippen molar-refractivity contribution in [3.8, 4) is 17.8 Å². The number of amides is 1. The van der Waals surface area contributed by atoms with E-state index >= 15 is 0 Å². The summed E-state index contributed by atoms with van der Waals surface area (Å²) in [6, 6.07) is 10.6. The molecule has 1 amide bonds. The van der Waals surface area contributed by atoms with E-state index in [1.807, 2.05) is 19.9 Å². The van der Waals surface area contributed by atoms with Gasteiger partial charge in [-0.15, -0.1) is 11.3 Å². The highest BCUT2D eigenvalue weighted by molar-refractivity contribution is 7.16. The molecule has 3 aromatic rings. The molecule has 0 saturated heterocycles. The first-order chi connectivity index (χ1) is 16.2. The van der Waals surface area contributed by atoms with Gasteiger partial charge in [-0.1, -0.05) is 17.7 Å². The van der Waals surface area contributed by atoms with Gasteiger partial charge >= 0.3 is 0 Å². The fourth-order valence-corrected chi connectivity index (χ4v) is 6.28. The van der Waals surface area contributed by atoms with Crippen molar-refractivity contribution in [3.63, 3.8) is 0 Å². The van der Waals surface area contributed by atoms with E-state index in [-0.39, 0.29) is 5.57 Å². The number of hydrogen-bond donors (Lipinski definition) is 1. The van der Waals surface area contributed by atoms with Crippen LogP contribution in [0.5, 0.6) is 0 Å². The van der Waals surface area contributed by atoms with Crippen LogP contribution >= 0.6 is 11.3 Å². The number of aromatic nitrogens is 1. The monoisotopic (exact) mass is 468 g/mol. The number of carbonyl (C=O) groups excluding carboxylic acids is 1. The molecule has 1 N–H and O–H groups in total. The maximum absolute atomic E-state index is 13.0. The Morgan fingerprint density at radius 3 is 2.38 bits per heavy atom. The first-order valence-corrected chi connectivity index (χ1v) is 12.3. The molecule has 2 heterocycles. The molecule has 0 fully saturated rings. The molecule has 0 spiro atoms. The van der Waals surface area contributed by atoms with Gasteiger partial charge in [-0.2, -0.15) is 10.5 Å². The van der Waals surface area contributed by atoms with Gasteiger partial charge in [0.15, 0.2) is 0 Å². The molecule has 1 aromatic carbocycles. The minimum atomic E-state index is -0.481. The third-order valence-electron chi connectivity index (χ3n) is 6.50. The van der Waals surface area contributed by atoms with Gasteiger partial charge in [-0.3, -0.25) is 4.79 Å². The van der Waals surface area contributed by atoms with E-state index in [4.69, 9.17) is 0 Å². The van der Waals surface area contributed by atoms with Crippen molar-refractivity contribution in [2.24, 2.45) is 0 Å². The highest BCUT2D eigenvalue weighted by atomic mass is 32.1. The summed E-state index contributed by atoms with van der Waals surface area (Å²) in [7, 11) is 0. The number of aryl methyl sites for hydroxylation is 5. The van der Waals surface area contributed by atoms with Gasteiger partial charge in [-0.25, -0.2) is 0 Å². The Balaban J connectivity index is 1.69. The van der Waals surface area contributed by atoms with Crippen LogP contribution in [0.3, 0.4) is 0 Å². The Bertz CT molecular complexity index is 1400. The van der Waals surface area contributed by atoms with Crippen molar-refractivity contribution >= 4 is 28.3 Å². The second-order valence-electron chi connectivity index (χ2n) is 9.06. The molecular formula is C28H28N4OS. The number of benzene rings is 1. The number of hydrogen-bond acceptors (Lipinski definition) is 4. The molecule has 0 radical (unpaired) electrons. The molecule has 5 nitrogen and oxygen atoms in total. The number of carbonyl (C=O) groups is 1. The second kappa shape index (κ2) is 9.33. The molecule has 0 atom stereocenters. The fraction of sp³-hybridized carbons (Fsp3) is 0.321. The van der Waals surface area contributed by atoms with Crippen LogP contribution in [0.2, 0.25) is 0 Å². The summed E-state index contributed by atoms with van der Waals surface area (Å²) in [5.41, 5.74) is 9.17. The molecule has 1 aliphatic carbocycles. The molecule has 6 heteroatoms. The van der Waals surface area contributed by atoms with E-state index < -0.39 is 5.91 Å². The van der Waals surface area contributed by atoms with Crippen LogP contribution in [0.4, 0.5) is 5.00 Å². The zero-order chi connectivity index (χ0) is 24.6. The molecule has 0 bridgehead atoms. The molecule has 4 rings (SSSR count). The maximum atomic E-state index is 13.0. The number of anilines is 1. The molecular weight excluding hydrogens is 440 g/mol. The van der Waals surface area contributed by atoms with Gasteiger partial charge in [0, 0.05) is 16.3 Å². The van der Waals surface area contributed by atoms with E-state index in [1.165, 1.54) is 32.9 Å². The first-order valence-electron chi connectivity index (χ1n) is 11.5. The van der Waals surface area contributed by atoms with E-state index in [0.29, 0.717) is 10.6 Å². The summed E-state index contributed by atoms with van der Waals surface area (Å²) in [4.78, 5) is 14.2. The van der Waals surface area contributed by atoms with Gasteiger partial charge in [0.2, 0.25) is 0 Å². The summed E-state index contributed by atoms with van der Waals surface area (Å²) in [5.74, 6) is -0.481. The fourth-order valence-electron chi connectivity index (χ4n) is 5.05. The van der Waals surface area contributed by atoms with Crippen LogP contribution < -0.4 is 5.32 Å². The smallest absolute Gasteiger partial charge is 0.266 e. The Morgan fingerprint density at radius 1 is 1.06 bits per heavy atom. The summed E-state index contributed by atoms with van der Waals surface area (Å²) in [6.45, 7) is 10.3. The molecule has 172 valence electrons. The Kier molecular flexibility index (Phi) is 6.46. The average molecular weight is 469 g/mol. The summed E-state index contributed by atoms with van der Waals surface area (Å²) >= 11 is 1.47. The van der Waals surface area contributed by atoms with Crippen molar-refractivity contribution < 1.29 is 4.79 Å². The van der Waals surface area contributed by atoms with Crippen LogP contribution in [-0.2, 0) is 17.6 Å².